The second-order valence-electron chi connectivity index (χ2n) is 3.67. The molecule has 0 fully saturated rings. The van der Waals surface area contributed by atoms with E-state index in [1.165, 1.54) is 0 Å². The molecule has 0 heterocycles. The van der Waals surface area contributed by atoms with E-state index < -0.39 is 0 Å². The maximum Gasteiger partial charge on any atom is 0.343 e. The maximum absolute atomic E-state index is 11.7. The Morgan fingerprint density at radius 3 is 2.11 bits per heavy atom. The van der Waals surface area contributed by atoms with Crippen LogP contribution >= 0.6 is 0 Å². The molecule has 2 rings (SSSR count). The van der Waals surface area contributed by atoms with Gasteiger partial charge in [0.15, 0.2) is 0 Å². The molecule has 4 nitrogen and oxygen atoms in total. The molecule has 0 saturated carbocycles. The molecule has 1 N–H and O–H groups in total. The summed E-state index contributed by atoms with van der Waals surface area (Å²) < 4.78 is 5.20. The molecule has 0 aromatic heterocycles. The van der Waals surface area contributed by atoms with Gasteiger partial charge in [-0.3, -0.25) is 4.79 Å². The Hall–Kier alpha value is -2.62. The molecule has 98 valence electrons. The van der Waals surface area contributed by atoms with Crippen molar-refractivity contribution in [1.82, 2.24) is 0 Å². The average Bonchev–Trinajstić information content (AvgIpc) is 2.41. The van der Waals surface area contributed by atoms with Crippen molar-refractivity contribution >= 4 is 12.4 Å². The number of esters is 1. The Kier molecular flexibility index (Phi) is 5.82. The first-order chi connectivity index (χ1) is 9.17. The van der Waals surface area contributed by atoms with Crippen LogP contribution < -0.4 is 4.74 Å². The average molecular weight is 258 g/mol. The summed E-state index contributed by atoms with van der Waals surface area (Å²) in [6.07, 6.45) is 0. The fourth-order valence-electron chi connectivity index (χ4n) is 1.34. The van der Waals surface area contributed by atoms with E-state index >= 15 is 0 Å². The predicted molar refractivity (Wildman–Crippen MR) is 71.3 cm³/mol. The van der Waals surface area contributed by atoms with Crippen LogP contribution in [-0.2, 0) is 4.79 Å². The van der Waals surface area contributed by atoms with Gasteiger partial charge in [0, 0.05) is 0 Å². The molecule has 0 aliphatic rings. The van der Waals surface area contributed by atoms with Gasteiger partial charge in [-0.05, 0) is 31.2 Å². The van der Waals surface area contributed by atoms with Crippen molar-refractivity contribution in [3.05, 3.63) is 65.7 Å². The molecule has 0 amide bonds. The highest BCUT2D eigenvalue weighted by Gasteiger charge is 2.07. The lowest BCUT2D eigenvalue weighted by molar-refractivity contribution is -0.122. The second kappa shape index (κ2) is 7.66. The molecule has 0 unspecified atom stereocenters. The number of hydrogen-bond acceptors (Lipinski definition) is 3. The van der Waals surface area contributed by atoms with Gasteiger partial charge in [-0.15, -0.1) is 0 Å². The van der Waals surface area contributed by atoms with Crippen LogP contribution in [0.15, 0.2) is 54.6 Å². The van der Waals surface area contributed by atoms with Crippen molar-refractivity contribution in [3.63, 3.8) is 0 Å². The number of aryl methyl sites for hydroxylation is 1. The number of carboxylic acid groups (broad SMARTS) is 1. The summed E-state index contributed by atoms with van der Waals surface area (Å²) in [5.41, 5.74) is 1.69. The molecule has 2 aromatic rings. The number of ether oxygens (including phenoxy) is 1. The highest BCUT2D eigenvalue weighted by molar-refractivity contribution is 5.91. The third-order valence-corrected chi connectivity index (χ3v) is 2.24. The third kappa shape index (κ3) is 5.04. The lowest BCUT2D eigenvalue weighted by Gasteiger charge is -2.03. The molecule has 4 heteroatoms. The van der Waals surface area contributed by atoms with Crippen LogP contribution in [0.1, 0.15) is 15.9 Å². The van der Waals surface area contributed by atoms with E-state index in [-0.39, 0.29) is 12.4 Å². The van der Waals surface area contributed by atoms with Gasteiger partial charge in [0.05, 0.1) is 5.56 Å². The van der Waals surface area contributed by atoms with Gasteiger partial charge in [-0.25, -0.2) is 4.79 Å². The number of carbonyl (C=O) groups excluding carboxylic acids is 1. The first-order valence-electron chi connectivity index (χ1n) is 5.59. The van der Waals surface area contributed by atoms with Gasteiger partial charge < -0.3 is 9.84 Å². The first kappa shape index (κ1) is 14.4. The van der Waals surface area contributed by atoms with Crippen LogP contribution in [0.2, 0.25) is 0 Å². The molecular weight excluding hydrogens is 244 g/mol. The van der Waals surface area contributed by atoms with E-state index in [0.29, 0.717) is 11.3 Å². The lowest BCUT2D eigenvalue weighted by atomic mass is 10.1. The van der Waals surface area contributed by atoms with Crippen LogP contribution in [0.5, 0.6) is 5.75 Å². The summed E-state index contributed by atoms with van der Waals surface area (Å²) in [7, 11) is 0. The Balaban J connectivity index is 0.000000550. The van der Waals surface area contributed by atoms with Crippen molar-refractivity contribution in [2.24, 2.45) is 0 Å². The second-order valence-corrected chi connectivity index (χ2v) is 3.67. The van der Waals surface area contributed by atoms with Crippen LogP contribution in [0.3, 0.4) is 0 Å². The molecule has 0 bridgehead atoms. The normalized spacial score (nSPS) is 8.89. The van der Waals surface area contributed by atoms with Crippen molar-refractivity contribution < 1.29 is 19.4 Å². The zero-order valence-electron chi connectivity index (χ0n) is 10.4. The topological polar surface area (TPSA) is 63.6 Å². The van der Waals surface area contributed by atoms with Crippen LogP contribution in [0, 0.1) is 6.92 Å². The quantitative estimate of drug-likeness (QED) is 0.511. The molecule has 0 aliphatic carbocycles. The number of para-hydroxylation sites is 1. The largest absolute Gasteiger partial charge is 0.483 e. The molecule has 2 aromatic carbocycles. The van der Waals surface area contributed by atoms with Crippen LogP contribution in [0.4, 0.5) is 0 Å². The molecule has 19 heavy (non-hydrogen) atoms. The molecule has 0 saturated heterocycles. The van der Waals surface area contributed by atoms with E-state index in [1.807, 2.05) is 37.3 Å². The first-order valence-corrected chi connectivity index (χ1v) is 5.59. The van der Waals surface area contributed by atoms with Gasteiger partial charge in [0.2, 0.25) is 0 Å². The van der Waals surface area contributed by atoms with Gasteiger partial charge in [0.1, 0.15) is 5.75 Å². The summed E-state index contributed by atoms with van der Waals surface area (Å²) in [5, 5.41) is 6.89. The number of benzene rings is 2. The highest BCUT2D eigenvalue weighted by Crippen LogP contribution is 2.12. The summed E-state index contributed by atoms with van der Waals surface area (Å²) in [6, 6.07) is 16.4. The minimum atomic E-state index is -0.328. The zero-order chi connectivity index (χ0) is 14.1. The van der Waals surface area contributed by atoms with Crippen LogP contribution in [-0.4, -0.2) is 17.5 Å². The summed E-state index contributed by atoms with van der Waals surface area (Å²) in [5.74, 6) is 0.235. The number of carbonyl (C=O) groups is 2. The minimum absolute atomic E-state index is 0.250. The minimum Gasteiger partial charge on any atom is -0.483 e. The summed E-state index contributed by atoms with van der Waals surface area (Å²) in [6.45, 7) is 1.73. The number of hydrogen-bond donors (Lipinski definition) is 1. The molecule has 0 aliphatic heterocycles. The smallest absolute Gasteiger partial charge is 0.343 e. The Bertz CT molecular complexity index is 518. The summed E-state index contributed by atoms with van der Waals surface area (Å²) >= 11 is 0. The molecule has 0 radical (unpaired) electrons. The monoisotopic (exact) mass is 258 g/mol. The van der Waals surface area contributed by atoms with E-state index in [2.05, 4.69) is 0 Å². The van der Waals surface area contributed by atoms with E-state index in [0.717, 1.165) is 5.56 Å². The third-order valence-electron chi connectivity index (χ3n) is 2.24. The fraction of sp³-hybridized carbons (Fsp3) is 0.0667. The van der Waals surface area contributed by atoms with E-state index in [9.17, 15) is 4.79 Å². The molecule has 0 spiro atoms. The van der Waals surface area contributed by atoms with Crippen molar-refractivity contribution in [2.75, 3.05) is 0 Å². The standard InChI is InChI=1S/C14H12O2.CH2O2/c1-11-7-9-12(10-8-11)14(15)16-13-5-3-2-4-6-13;2-1-3/h2-10H,1H3;1H,(H,2,3). The maximum atomic E-state index is 11.7. The SMILES string of the molecule is Cc1ccc(C(=O)Oc2ccccc2)cc1.O=CO. The molecular formula is C15H14O4. The Morgan fingerprint density at radius 1 is 1.05 bits per heavy atom. The van der Waals surface area contributed by atoms with Crippen molar-refractivity contribution in [1.29, 1.82) is 0 Å². The van der Waals surface area contributed by atoms with Gasteiger partial charge >= 0.3 is 5.97 Å². The number of rotatable bonds is 2. The Labute approximate surface area is 111 Å². The summed E-state index contributed by atoms with van der Waals surface area (Å²) in [4.78, 5) is 20.1. The predicted octanol–water partition coefficient (Wildman–Crippen LogP) is 2.92. The van der Waals surface area contributed by atoms with E-state index in [1.54, 1.807) is 24.3 Å². The van der Waals surface area contributed by atoms with Crippen LogP contribution in [0.25, 0.3) is 0 Å². The fourth-order valence-corrected chi connectivity index (χ4v) is 1.34. The zero-order valence-corrected chi connectivity index (χ0v) is 10.4. The van der Waals surface area contributed by atoms with Gasteiger partial charge in [-0.1, -0.05) is 35.9 Å². The van der Waals surface area contributed by atoms with E-state index in [4.69, 9.17) is 14.6 Å². The Morgan fingerprint density at radius 2 is 1.58 bits per heavy atom. The van der Waals surface area contributed by atoms with Gasteiger partial charge in [0.25, 0.3) is 6.47 Å². The van der Waals surface area contributed by atoms with Crippen molar-refractivity contribution in [3.8, 4) is 5.75 Å². The van der Waals surface area contributed by atoms with Crippen molar-refractivity contribution in [2.45, 2.75) is 6.92 Å². The highest BCUT2D eigenvalue weighted by atomic mass is 16.5. The molecule has 0 atom stereocenters. The van der Waals surface area contributed by atoms with Gasteiger partial charge in [-0.2, -0.15) is 0 Å². The lowest BCUT2D eigenvalue weighted by Crippen LogP contribution is -2.08.